The molecule has 1 saturated heterocycles. The third-order valence-electron chi connectivity index (χ3n) is 2.17. The van der Waals surface area contributed by atoms with Gasteiger partial charge in [-0.1, -0.05) is 5.22 Å². The molecule has 6 nitrogen and oxygen atoms in total. The Morgan fingerprint density at radius 1 is 1.29 bits per heavy atom. The molecule has 3 N–H and O–H groups in total. The minimum absolute atomic E-state index is 0. The van der Waals surface area contributed by atoms with E-state index in [-0.39, 0.29) is 36.2 Å². The predicted molar refractivity (Wildman–Crippen MR) is 53.4 cm³/mol. The Morgan fingerprint density at radius 2 is 1.86 bits per heavy atom. The maximum atomic E-state index is 9.17. The van der Waals surface area contributed by atoms with E-state index < -0.39 is 6.10 Å². The number of β-amino-alcohol motifs (C(OH)–C–C–N with tert-alkyl or cyclic N) is 1. The molecule has 14 heavy (non-hydrogen) atoms. The van der Waals surface area contributed by atoms with Crippen LogP contribution in [0.1, 0.15) is 0 Å². The summed E-state index contributed by atoms with van der Waals surface area (Å²) in [4.78, 5) is 2.06. The van der Waals surface area contributed by atoms with Crippen molar-refractivity contribution in [3.63, 3.8) is 0 Å². The minimum atomic E-state index is -0.653. The third-order valence-corrected chi connectivity index (χ3v) is 2.17. The van der Waals surface area contributed by atoms with Gasteiger partial charge in [0.05, 0.1) is 25.8 Å². The summed E-state index contributed by atoms with van der Waals surface area (Å²) in [6.07, 6.45) is -0.653. The molecule has 1 rings (SSSR count). The van der Waals surface area contributed by atoms with Crippen LogP contribution in [0.3, 0.4) is 0 Å². The van der Waals surface area contributed by atoms with Gasteiger partial charge in [0.15, 0.2) is 0 Å². The second kappa shape index (κ2) is 7.56. The van der Waals surface area contributed by atoms with Gasteiger partial charge in [-0.15, -0.1) is 0 Å². The number of hydrogen-bond donors (Lipinski definition) is 3. The zero-order chi connectivity index (χ0) is 9.68. The first-order valence-corrected chi connectivity index (χ1v) is 4.40. The van der Waals surface area contributed by atoms with Gasteiger partial charge < -0.3 is 10.2 Å². The van der Waals surface area contributed by atoms with Crippen LogP contribution in [0.5, 0.6) is 0 Å². The van der Waals surface area contributed by atoms with Crippen molar-refractivity contribution >= 4 is 29.6 Å². The second-order valence-corrected chi connectivity index (χ2v) is 3.19. The number of nitrogens with one attached hydrogen (secondary N) is 1. The van der Waals surface area contributed by atoms with Crippen molar-refractivity contribution in [3.8, 4) is 0 Å². The molecule has 78 valence electrons. The van der Waals surface area contributed by atoms with Gasteiger partial charge >= 0.3 is 29.6 Å². The molecular formula is C7H17N4NaO2. The number of aliphatic hydroxyl groups is 2. The van der Waals surface area contributed by atoms with Gasteiger partial charge in [-0.3, -0.25) is 9.91 Å². The van der Waals surface area contributed by atoms with Crippen molar-refractivity contribution in [2.24, 2.45) is 5.22 Å². The summed E-state index contributed by atoms with van der Waals surface area (Å²) in [7, 11) is 0. The quantitative estimate of drug-likeness (QED) is 0.381. The van der Waals surface area contributed by atoms with Crippen LogP contribution in [0.15, 0.2) is 5.22 Å². The molecule has 0 spiro atoms. The summed E-state index contributed by atoms with van der Waals surface area (Å²) < 4.78 is 0. The topological polar surface area (TPSA) is 83.2 Å². The van der Waals surface area contributed by atoms with E-state index in [1.807, 2.05) is 0 Å². The van der Waals surface area contributed by atoms with Crippen LogP contribution in [0.4, 0.5) is 0 Å². The fourth-order valence-corrected chi connectivity index (χ4v) is 1.38. The first-order chi connectivity index (χ1) is 6.26. The molecule has 0 aromatic heterocycles. The van der Waals surface area contributed by atoms with E-state index in [0.29, 0.717) is 6.54 Å². The standard InChI is InChI=1S/C7H16N4O2.Na.H/c8-9-11-3-1-10(2-4-11)5-7(13)6-12;;/h7-8,12-13H,1-6H2;;. The molecule has 1 aliphatic heterocycles. The Kier molecular flexibility index (Phi) is 7.71. The van der Waals surface area contributed by atoms with E-state index >= 15 is 0 Å². The average Bonchev–Trinajstić information content (AvgIpc) is 2.19. The SMILES string of the molecule is N=NN1CCN(CC(O)CO)CC1.[NaH]. The van der Waals surface area contributed by atoms with Crippen molar-refractivity contribution in [1.82, 2.24) is 9.91 Å². The zero-order valence-corrected chi connectivity index (χ0v) is 7.56. The molecule has 7 heteroatoms. The number of aliphatic hydroxyl groups excluding tert-OH is 2. The third kappa shape index (κ3) is 4.68. The summed E-state index contributed by atoms with van der Waals surface area (Å²) in [6, 6.07) is 0. The summed E-state index contributed by atoms with van der Waals surface area (Å²) in [5.74, 6) is 0. The van der Waals surface area contributed by atoms with E-state index in [1.165, 1.54) is 0 Å². The zero-order valence-electron chi connectivity index (χ0n) is 7.56. The Labute approximate surface area is 106 Å². The molecule has 0 bridgehead atoms. The number of nitrogens with zero attached hydrogens (tertiary/aromatic N) is 3. The van der Waals surface area contributed by atoms with Crippen LogP contribution in [0.25, 0.3) is 0 Å². The number of piperazine rings is 1. The van der Waals surface area contributed by atoms with Gasteiger partial charge in [-0.25, -0.2) is 0 Å². The maximum absolute atomic E-state index is 9.17. The Morgan fingerprint density at radius 3 is 2.29 bits per heavy atom. The van der Waals surface area contributed by atoms with Crippen LogP contribution in [-0.4, -0.2) is 95.1 Å². The van der Waals surface area contributed by atoms with Crippen molar-refractivity contribution in [3.05, 3.63) is 0 Å². The van der Waals surface area contributed by atoms with Gasteiger partial charge in [-0.2, -0.15) is 5.53 Å². The summed E-state index contributed by atoms with van der Waals surface area (Å²) in [6.45, 7) is 3.34. The van der Waals surface area contributed by atoms with Crippen LogP contribution in [0.2, 0.25) is 0 Å². The average molecular weight is 212 g/mol. The fourth-order valence-electron chi connectivity index (χ4n) is 1.38. The van der Waals surface area contributed by atoms with Crippen LogP contribution >= 0.6 is 0 Å². The first kappa shape index (κ1) is 14.3. The fraction of sp³-hybridized carbons (Fsp3) is 1.00. The Hall–Kier alpha value is 0.280. The molecule has 1 aliphatic rings. The van der Waals surface area contributed by atoms with Crippen LogP contribution in [0, 0.1) is 5.53 Å². The number of hydrogen-bond acceptors (Lipinski definition) is 5. The second-order valence-electron chi connectivity index (χ2n) is 3.19. The van der Waals surface area contributed by atoms with Crippen molar-refractivity contribution in [2.75, 3.05) is 39.3 Å². The Bertz CT molecular complexity index is 164. The molecule has 1 unspecified atom stereocenters. The van der Waals surface area contributed by atoms with Crippen molar-refractivity contribution in [2.45, 2.75) is 6.10 Å². The van der Waals surface area contributed by atoms with E-state index in [1.54, 1.807) is 5.01 Å². The molecule has 0 aliphatic carbocycles. The number of rotatable bonds is 4. The van der Waals surface area contributed by atoms with E-state index in [0.717, 1.165) is 26.2 Å². The van der Waals surface area contributed by atoms with Crippen LogP contribution in [-0.2, 0) is 0 Å². The predicted octanol–water partition coefficient (Wildman–Crippen LogP) is -1.75. The van der Waals surface area contributed by atoms with Gasteiger partial charge in [0.2, 0.25) is 0 Å². The molecule has 0 radical (unpaired) electrons. The summed E-state index contributed by atoms with van der Waals surface area (Å²) in [5, 5.41) is 22.8. The Balaban J connectivity index is 0.00000169. The normalized spacial score (nSPS) is 20.0. The molecular weight excluding hydrogens is 195 g/mol. The monoisotopic (exact) mass is 212 g/mol. The first-order valence-electron chi connectivity index (χ1n) is 4.40. The molecule has 1 fully saturated rings. The van der Waals surface area contributed by atoms with E-state index in [9.17, 15) is 0 Å². The summed E-state index contributed by atoms with van der Waals surface area (Å²) in [5.41, 5.74) is 6.78. The molecule has 1 heterocycles. The molecule has 0 amide bonds. The molecule has 0 aromatic rings. The van der Waals surface area contributed by atoms with Crippen molar-refractivity contribution in [1.29, 1.82) is 5.53 Å². The van der Waals surface area contributed by atoms with Gasteiger partial charge in [0, 0.05) is 19.6 Å². The van der Waals surface area contributed by atoms with Gasteiger partial charge in [0.1, 0.15) is 0 Å². The van der Waals surface area contributed by atoms with E-state index in [4.69, 9.17) is 15.7 Å². The van der Waals surface area contributed by atoms with Crippen LogP contribution < -0.4 is 0 Å². The molecule has 0 aromatic carbocycles. The molecule has 0 saturated carbocycles. The van der Waals surface area contributed by atoms with E-state index in [2.05, 4.69) is 10.1 Å². The summed E-state index contributed by atoms with van der Waals surface area (Å²) >= 11 is 0. The van der Waals surface area contributed by atoms with Gasteiger partial charge in [0.25, 0.3) is 0 Å². The van der Waals surface area contributed by atoms with Crippen molar-refractivity contribution < 1.29 is 10.2 Å². The molecule has 1 atom stereocenters. The van der Waals surface area contributed by atoms with Gasteiger partial charge in [-0.05, 0) is 0 Å².